The van der Waals surface area contributed by atoms with E-state index >= 15 is 0 Å². The van der Waals surface area contributed by atoms with Crippen LogP contribution in [0.15, 0.2) is 126 Å². The normalized spacial score (nSPS) is 11.6. The van der Waals surface area contributed by atoms with E-state index in [0.717, 1.165) is 27.3 Å². The number of amides is 3. The quantitative estimate of drug-likeness (QED) is 0.0838. The predicted molar refractivity (Wildman–Crippen MR) is 203 cm³/mol. The van der Waals surface area contributed by atoms with Crippen LogP contribution in [0.3, 0.4) is 0 Å². The maximum absolute atomic E-state index is 13.9. The summed E-state index contributed by atoms with van der Waals surface area (Å²) in [4.78, 5) is 41.7. The van der Waals surface area contributed by atoms with E-state index in [4.69, 9.17) is 14.2 Å². The fourth-order valence-electron chi connectivity index (χ4n) is 5.30. The number of rotatable bonds is 13. The van der Waals surface area contributed by atoms with Gasteiger partial charge in [0.15, 0.2) is 11.5 Å². The molecular formula is C41H39N3O6S. The summed E-state index contributed by atoms with van der Waals surface area (Å²) in [6.07, 6.45) is 1.51. The molecule has 0 bridgehead atoms. The van der Waals surface area contributed by atoms with Crippen molar-refractivity contribution >= 4 is 46.9 Å². The molecule has 3 N–H and O–H groups in total. The van der Waals surface area contributed by atoms with E-state index in [-0.39, 0.29) is 11.6 Å². The molecule has 5 aromatic rings. The second kappa shape index (κ2) is 17.1. The molecule has 3 amide bonds. The fourth-order valence-corrected chi connectivity index (χ4v) is 6.38. The molecule has 0 aliphatic carbocycles. The van der Waals surface area contributed by atoms with Gasteiger partial charge >= 0.3 is 0 Å². The summed E-state index contributed by atoms with van der Waals surface area (Å²) in [6.45, 7) is 3.97. The van der Waals surface area contributed by atoms with Crippen molar-refractivity contribution in [2.24, 2.45) is 0 Å². The largest absolute Gasteiger partial charge is 0.496 e. The molecule has 0 spiro atoms. The van der Waals surface area contributed by atoms with Crippen LogP contribution in [-0.2, 0) is 9.59 Å². The Balaban J connectivity index is 1.44. The van der Waals surface area contributed by atoms with E-state index < -0.39 is 17.1 Å². The monoisotopic (exact) mass is 701 g/mol. The third-order valence-electron chi connectivity index (χ3n) is 7.89. The molecule has 9 nitrogen and oxygen atoms in total. The first-order valence-electron chi connectivity index (χ1n) is 16.1. The van der Waals surface area contributed by atoms with E-state index in [1.54, 1.807) is 60.7 Å². The third-order valence-corrected chi connectivity index (χ3v) is 9.14. The van der Waals surface area contributed by atoms with Crippen molar-refractivity contribution < 1.29 is 28.6 Å². The number of hydrogen-bond donors (Lipinski definition) is 3. The molecule has 0 fully saturated rings. The minimum atomic E-state index is -0.587. The summed E-state index contributed by atoms with van der Waals surface area (Å²) in [6, 6.07) is 34.5. The van der Waals surface area contributed by atoms with Gasteiger partial charge in [0.2, 0.25) is 5.91 Å². The second-order valence-electron chi connectivity index (χ2n) is 11.5. The maximum Gasteiger partial charge on any atom is 0.272 e. The number of anilines is 2. The van der Waals surface area contributed by atoms with Gasteiger partial charge < -0.3 is 30.2 Å². The highest BCUT2D eigenvalue weighted by Gasteiger charge is 2.24. The van der Waals surface area contributed by atoms with E-state index in [1.165, 1.54) is 39.2 Å². The van der Waals surface area contributed by atoms with Crippen LogP contribution in [0.25, 0.3) is 6.08 Å². The fraction of sp³-hybridized carbons (Fsp3) is 0.146. The van der Waals surface area contributed by atoms with Crippen molar-refractivity contribution in [3.8, 4) is 17.2 Å². The Bertz CT molecular complexity index is 2050. The van der Waals surface area contributed by atoms with Gasteiger partial charge in [0.1, 0.15) is 16.7 Å². The molecular weight excluding hydrogens is 663 g/mol. The van der Waals surface area contributed by atoms with E-state index in [0.29, 0.717) is 34.1 Å². The van der Waals surface area contributed by atoms with Crippen LogP contribution >= 0.6 is 11.8 Å². The lowest BCUT2D eigenvalue weighted by Crippen LogP contribution is -2.30. The van der Waals surface area contributed by atoms with Crippen LogP contribution in [-0.4, -0.2) is 39.1 Å². The Hall–Kier alpha value is -6.00. The van der Waals surface area contributed by atoms with Crippen molar-refractivity contribution in [1.29, 1.82) is 0 Å². The minimum absolute atomic E-state index is 0.0394. The van der Waals surface area contributed by atoms with Crippen LogP contribution in [0.4, 0.5) is 11.4 Å². The molecule has 0 aromatic heterocycles. The molecule has 51 heavy (non-hydrogen) atoms. The zero-order chi connectivity index (χ0) is 36.3. The number of ether oxygens (including phenoxy) is 3. The Kier molecular flexibility index (Phi) is 12.2. The molecule has 5 rings (SSSR count). The number of nitrogens with one attached hydrogen (secondary N) is 3. The van der Waals surface area contributed by atoms with Crippen molar-refractivity contribution in [3.63, 3.8) is 0 Å². The van der Waals surface area contributed by atoms with Crippen LogP contribution in [0, 0.1) is 13.8 Å². The van der Waals surface area contributed by atoms with E-state index in [1.807, 2.05) is 68.4 Å². The Morgan fingerprint density at radius 2 is 1.35 bits per heavy atom. The van der Waals surface area contributed by atoms with Gasteiger partial charge in [-0.25, -0.2) is 0 Å². The molecule has 0 aliphatic heterocycles. The van der Waals surface area contributed by atoms with Gasteiger partial charge in [-0.1, -0.05) is 72.3 Å². The topological polar surface area (TPSA) is 115 Å². The number of carbonyl (C=O) groups is 3. The highest BCUT2D eigenvalue weighted by atomic mass is 32.2. The van der Waals surface area contributed by atoms with Gasteiger partial charge in [0.05, 0.1) is 21.3 Å². The summed E-state index contributed by atoms with van der Waals surface area (Å²) in [5, 5.41) is 8.17. The van der Waals surface area contributed by atoms with Crippen molar-refractivity contribution in [3.05, 3.63) is 149 Å². The van der Waals surface area contributed by atoms with Gasteiger partial charge in [-0.2, -0.15) is 0 Å². The number of hydrogen-bond acceptors (Lipinski definition) is 7. The van der Waals surface area contributed by atoms with Crippen LogP contribution in [0.1, 0.15) is 37.9 Å². The van der Waals surface area contributed by atoms with Crippen LogP contribution < -0.4 is 30.2 Å². The second-order valence-corrected chi connectivity index (χ2v) is 12.7. The van der Waals surface area contributed by atoms with Gasteiger partial charge in [-0.15, -0.1) is 11.8 Å². The lowest BCUT2D eigenvalue weighted by molar-refractivity contribution is -0.116. The first kappa shape index (κ1) is 36.3. The predicted octanol–water partition coefficient (Wildman–Crippen LogP) is 8.21. The SMILES string of the molecule is COc1cc(OC)c(OC)cc1/C=C(/NC(=O)c1ccccc1)C(=O)Nc1cccc(SC(C(=O)Nc2ccc(C)cc2C)c2ccccc2)c1. The molecule has 5 aromatic carbocycles. The lowest BCUT2D eigenvalue weighted by atomic mass is 10.1. The van der Waals surface area contributed by atoms with E-state index in [2.05, 4.69) is 16.0 Å². The molecule has 260 valence electrons. The van der Waals surface area contributed by atoms with Gasteiger partial charge in [0.25, 0.3) is 11.8 Å². The van der Waals surface area contributed by atoms with Crippen molar-refractivity contribution in [1.82, 2.24) is 5.32 Å². The average molecular weight is 702 g/mol. The summed E-state index contributed by atoms with van der Waals surface area (Å²) in [7, 11) is 4.51. The molecule has 0 aliphatic rings. The zero-order valence-electron chi connectivity index (χ0n) is 29.0. The van der Waals surface area contributed by atoms with E-state index in [9.17, 15) is 14.4 Å². The average Bonchev–Trinajstić information content (AvgIpc) is 3.15. The molecule has 10 heteroatoms. The summed E-state index contributed by atoms with van der Waals surface area (Å²) in [5.41, 5.74) is 4.93. The molecule has 0 radical (unpaired) electrons. The Morgan fingerprint density at radius 3 is 2.02 bits per heavy atom. The number of thioether (sulfide) groups is 1. The highest BCUT2D eigenvalue weighted by Crippen LogP contribution is 2.38. The van der Waals surface area contributed by atoms with Crippen LogP contribution in [0.5, 0.6) is 17.2 Å². The zero-order valence-corrected chi connectivity index (χ0v) is 29.8. The minimum Gasteiger partial charge on any atom is -0.496 e. The summed E-state index contributed by atoms with van der Waals surface area (Å²) in [5.74, 6) is 0.0306. The number of benzene rings is 5. The number of carbonyl (C=O) groups excluding carboxylic acids is 3. The number of methoxy groups -OCH3 is 3. The first-order chi connectivity index (χ1) is 24.7. The third kappa shape index (κ3) is 9.37. The summed E-state index contributed by atoms with van der Waals surface area (Å²) < 4.78 is 16.5. The van der Waals surface area contributed by atoms with Crippen molar-refractivity contribution in [2.45, 2.75) is 24.0 Å². The molecule has 0 saturated heterocycles. The van der Waals surface area contributed by atoms with Gasteiger partial charge in [-0.05, 0) is 73.5 Å². The van der Waals surface area contributed by atoms with Gasteiger partial charge in [-0.3, -0.25) is 14.4 Å². The van der Waals surface area contributed by atoms with Gasteiger partial charge in [0, 0.05) is 33.5 Å². The molecule has 0 heterocycles. The molecule has 1 atom stereocenters. The number of aryl methyl sites for hydroxylation is 2. The Labute approximate surface area is 302 Å². The smallest absolute Gasteiger partial charge is 0.272 e. The van der Waals surface area contributed by atoms with Crippen molar-refractivity contribution in [2.75, 3.05) is 32.0 Å². The lowest BCUT2D eigenvalue weighted by Gasteiger charge is -2.19. The maximum atomic E-state index is 13.9. The first-order valence-corrected chi connectivity index (χ1v) is 17.0. The Morgan fingerprint density at radius 1 is 0.686 bits per heavy atom. The standard InChI is InChI=1S/C41H39N3O6S/c1-26-19-20-33(27(2)21-26)43-41(47)38(28-13-8-6-9-14-28)51-32-18-12-17-31(24-32)42-40(46)34(44-39(45)29-15-10-7-11-16-29)22-30-23-36(49-4)37(50-5)25-35(30)48-3/h6-25,38H,1-5H3,(H,42,46)(H,43,47)(H,44,45)/b34-22+. The highest BCUT2D eigenvalue weighted by molar-refractivity contribution is 8.00. The van der Waals surface area contributed by atoms with Crippen LogP contribution in [0.2, 0.25) is 0 Å². The molecule has 0 saturated carbocycles. The molecule has 1 unspecified atom stereocenters. The summed E-state index contributed by atoms with van der Waals surface area (Å²) >= 11 is 1.36.